The van der Waals surface area contributed by atoms with Crippen molar-refractivity contribution < 1.29 is 8.91 Å². The van der Waals surface area contributed by atoms with Crippen molar-refractivity contribution in [2.75, 3.05) is 0 Å². The van der Waals surface area contributed by atoms with Crippen LogP contribution in [0.1, 0.15) is 5.56 Å². The molecule has 1 aromatic carbocycles. The highest BCUT2D eigenvalue weighted by molar-refractivity contribution is 9.10. The van der Waals surface area contributed by atoms with Crippen LogP contribution in [0.15, 0.2) is 45.5 Å². The second-order valence-corrected chi connectivity index (χ2v) is 5.16. The SMILES string of the molecule is NCc1ccc(-c2nc(-c3ccc(F)cc3Br)no2)nc1. The molecule has 5 nitrogen and oxygen atoms in total. The number of benzene rings is 1. The molecule has 2 aromatic heterocycles. The summed E-state index contributed by atoms with van der Waals surface area (Å²) in [5.41, 5.74) is 7.64. The van der Waals surface area contributed by atoms with Gasteiger partial charge in [0.15, 0.2) is 0 Å². The van der Waals surface area contributed by atoms with E-state index in [4.69, 9.17) is 10.3 Å². The Kier molecular flexibility index (Phi) is 3.76. The van der Waals surface area contributed by atoms with Gasteiger partial charge < -0.3 is 10.3 Å². The maximum absolute atomic E-state index is 13.1. The molecule has 0 unspecified atom stereocenters. The lowest BCUT2D eigenvalue weighted by Crippen LogP contribution is -1.96. The number of rotatable bonds is 3. The third-order valence-corrected chi connectivity index (χ3v) is 3.53. The second kappa shape index (κ2) is 5.71. The highest BCUT2D eigenvalue weighted by Crippen LogP contribution is 2.28. The first-order valence-corrected chi connectivity index (χ1v) is 6.91. The predicted octanol–water partition coefficient (Wildman–Crippen LogP) is 3.16. The molecule has 0 aliphatic rings. The van der Waals surface area contributed by atoms with Gasteiger partial charge in [0.1, 0.15) is 11.5 Å². The molecule has 7 heteroatoms. The number of hydrogen-bond donors (Lipinski definition) is 1. The van der Waals surface area contributed by atoms with Gasteiger partial charge in [-0.05, 0) is 45.8 Å². The Morgan fingerprint density at radius 3 is 2.76 bits per heavy atom. The highest BCUT2D eigenvalue weighted by atomic mass is 79.9. The first-order valence-electron chi connectivity index (χ1n) is 6.12. The molecule has 0 saturated heterocycles. The minimum Gasteiger partial charge on any atom is -0.332 e. The molecule has 0 aliphatic carbocycles. The summed E-state index contributed by atoms with van der Waals surface area (Å²) in [7, 11) is 0. The smallest absolute Gasteiger partial charge is 0.276 e. The fourth-order valence-electron chi connectivity index (χ4n) is 1.78. The van der Waals surface area contributed by atoms with Crippen LogP contribution < -0.4 is 5.73 Å². The largest absolute Gasteiger partial charge is 0.332 e. The van der Waals surface area contributed by atoms with Crippen LogP contribution in [0.5, 0.6) is 0 Å². The highest BCUT2D eigenvalue weighted by Gasteiger charge is 2.14. The molecule has 0 atom stereocenters. The number of nitrogens with zero attached hydrogens (tertiary/aromatic N) is 3. The van der Waals surface area contributed by atoms with Crippen molar-refractivity contribution >= 4 is 15.9 Å². The Morgan fingerprint density at radius 1 is 1.24 bits per heavy atom. The van der Waals surface area contributed by atoms with Crippen LogP contribution in [0.4, 0.5) is 4.39 Å². The first-order chi connectivity index (χ1) is 10.2. The molecule has 0 radical (unpaired) electrons. The van der Waals surface area contributed by atoms with Crippen LogP contribution >= 0.6 is 15.9 Å². The quantitative estimate of drug-likeness (QED) is 0.786. The Balaban J connectivity index is 1.95. The standard InChI is InChI=1S/C14H10BrFN4O/c15-11-5-9(16)2-3-10(11)13-19-14(21-20-13)12-4-1-8(6-17)7-18-12/h1-5,7H,6,17H2. The summed E-state index contributed by atoms with van der Waals surface area (Å²) in [6.07, 6.45) is 1.66. The summed E-state index contributed by atoms with van der Waals surface area (Å²) in [5.74, 6) is 0.319. The fourth-order valence-corrected chi connectivity index (χ4v) is 2.31. The molecule has 0 spiro atoms. The third-order valence-electron chi connectivity index (χ3n) is 2.88. The van der Waals surface area contributed by atoms with Crippen molar-refractivity contribution in [3.63, 3.8) is 0 Å². The van der Waals surface area contributed by atoms with Crippen LogP contribution in [-0.4, -0.2) is 15.1 Å². The summed E-state index contributed by atoms with van der Waals surface area (Å²) in [6.45, 7) is 0.422. The van der Waals surface area contributed by atoms with E-state index in [0.717, 1.165) is 5.56 Å². The van der Waals surface area contributed by atoms with E-state index in [1.165, 1.54) is 12.1 Å². The monoisotopic (exact) mass is 348 g/mol. The van der Waals surface area contributed by atoms with Crippen LogP contribution in [0.2, 0.25) is 0 Å². The zero-order valence-corrected chi connectivity index (χ0v) is 12.3. The maximum Gasteiger partial charge on any atom is 0.276 e. The van der Waals surface area contributed by atoms with Crippen LogP contribution in [-0.2, 0) is 6.54 Å². The molecule has 106 valence electrons. The van der Waals surface area contributed by atoms with E-state index in [-0.39, 0.29) is 5.82 Å². The molecule has 0 fully saturated rings. The van der Waals surface area contributed by atoms with E-state index in [1.54, 1.807) is 18.3 Å². The van der Waals surface area contributed by atoms with Gasteiger partial charge in [-0.3, -0.25) is 4.98 Å². The zero-order chi connectivity index (χ0) is 14.8. The van der Waals surface area contributed by atoms with Gasteiger partial charge in [0.05, 0.1) is 0 Å². The molecule has 21 heavy (non-hydrogen) atoms. The molecular weight excluding hydrogens is 339 g/mol. The number of nitrogens with two attached hydrogens (primary N) is 1. The predicted molar refractivity (Wildman–Crippen MR) is 78.5 cm³/mol. The van der Waals surface area contributed by atoms with Gasteiger partial charge in [-0.15, -0.1) is 0 Å². The van der Waals surface area contributed by atoms with Crippen LogP contribution in [0, 0.1) is 5.82 Å². The van der Waals surface area contributed by atoms with E-state index in [2.05, 4.69) is 31.1 Å². The van der Waals surface area contributed by atoms with Gasteiger partial charge >= 0.3 is 0 Å². The van der Waals surface area contributed by atoms with Crippen LogP contribution in [0.3, 0.4) is 0 Å². The Morgan fingerprint density at radius 2 is 2.10 bits per heavy atom. The summed E-state index contributed by atoms with van der Waals surface area (Å²) in [4.78, 5) is 8.49. The van der Waals surface area contributed by atoms with Gasteiger partial charge in [-0.2, -0.15) is 4.98 Å². The van der Waals surface area contributed by atoms with Crippen molar-refractivity contribution in [1.82, 2.24) is 15.1 Å². The lowest BCUT2D eigenvalue weighted by atomic mass is 10.2. The fraction of sp³-hybridized carbons (Fsp3) is 0.0714. The average molecular weight is 349 g/mol. The molecule has 3 aromatic rings. The maximum atomic E-state index is 13.1. The number of hydrogen-bond acceptors (Lipinski definition) is 5. The molecule has 2 heterocycles. The third kappa shape index (κ3) is 2.84. The van der Waals surface area contributed by atoms with Crippen molar-refractivity contribution in [2.24, 2.45) is 5.73 Å². The van der Waals surface area contributed by atoms with Gasteiger partial charge in [-0.25, -0.2) is 4.39 Å². The second-order valence-electron chi connectivity index (χ2n) is 4.30. The van der Waals surface area contributed by atoms with Gasteiger partial charge in [0.25, 0.3) is 5.89 Å². The lowest BCUT2D eigenvalue weighted by Gasteiger charge is -1.98. The minimum atomic E-state index is -0.339. The molecular formula is C14H10BrFN4O. The Hall–Kier alpha value is -2.12. The van der Waals surface area contributed by atoms with Crippen molar-refractivity contribution in [3.05, 3.63) is 52.4 Å². The number of pyridine rings is 1. The van der Waals surface area contributed by atoms with Gasteiger partial charge in [-0.1, -0.05) is 11.2 Å². The minimum absolute atomic E-state index is 0.296. The number of aromatic nitrogens is 3. The Bertz CT molecular complexity index is 773. The van der Waals surface area contributed by atoms with E-state index in [1.807, 2.05) is 6.07 Å². The zero-order valence-electron chi connectivity index (χ0n) is 10.8. The van der Waals surface area contributed by atoms with Crippen molar-refractivity contribution in [1.29, 1.82) is 0 Å². The van der Waals surface area contributed by atoms with E-state index in [9.17, 15) is 4.39 Å². The lowest BCUT2D eigenvalue weighted by molar-refractivity contribution is 0.431. The molecule has 0 aliphatic heterocycles. The molecule has 0 amide bonds. The van der Waals surface area contributed by atoms with E-state index in [0.29, 0.717) is 34.0 Å². The molecule has 2 N–H and O–H groups in total. The van der Waals surface area contributed by atoms with Gasteiger partial charge in [0.2, 0.25) is 5.82 Å². The Labute approximate surface area is 128 Å². The van der Waals surface area contributed by atoms with Crippen molar-refractivity contribution in [3.8, 4) is 23.0 Å². The summed E-state index contributed by atoms with van der Waals surface area (Å²) in [6, 6.07) is 7.88. The number of halogens is 2. The molecule has 0 bridgehead atoms. The first kappa shape index (κ1) is 13.8. The normalized spacial score (nSPS) is 10.8. The van der Waals surface area contributed by atoms with E-state index >= 15 is 0 Å². The van der Waals surface area contributed by atoms with Gasteiger partial charge in [0, 0.05) is 22.8 Å². The van der Waals surface area contributed by atoms with Crippen LogP contribution in [0.25, 0.3) is 23.0 Å². The molecule has 3 rings (SSSR count). The van der Waals surface area contributed by atoms with Crippen molar-refractivity contribution in [2.45, 2.75) is 6.54 Å². The van der Waals surface area contributed by atoms with E-state index < -0.39 is 0 Å². The molecule has 0 saturated carbocycles. The summed E-state index contributed by atoms with van der Waals surface area (Å²) < 4.78 is 18.8. The summed E-state index contributed by atoms with van der Waals surface area (Å²) >= 11 is 3.28. The topological polar surface area (TPSA) is 77.8 Å². The average Bonchev–Trinajstić information content (AvgIpc) is 2.97. The summed E-state index contributed by atoms with van der Waals surface area (Å²) in [5, 5.41) is 3.89.